The smallest absolute Gasteiger partial charge is 0.416 e. The molecule has 0 aliphatic carbocycles. The molecule has 0 saturated carbocycles. The maximum Gasteiger partial charge on any atom is 0.416 e. The van der Waals surface area contributed by atoms with Gasteiger partial charge in [0, 0.05) is 17.3 Å². The zero-order chi connectivity index (χ0) is 15.6. The summed E-state index contributed by atoms with van der Waals surface area (Å²) in [7, 11) is 0. The van der Waals surface area contributed by atoms with Crippen LogP contribution in [0, 0.1) is 0 Å². The van der Waals surface area contributed by atoms with Gasteiger partial charge in [-0.15, -0.1) is 0 Å². The summed E-state index contributed by atoms with van der Waals surface area (Å²) in [6.45, 7) is 1.39. The van der Waals surface area contributed by atoms with Gasteiger partial charge in [0.2, 0.25) is 0 Å². The third-order valence-corrected chi connectivity index (χ3v) is 2.82. The van der Waals surface area contributed by atoms with E-state index >= 15 is 0 Å². The van der Waals surface area contributed by atoms with Crippen molar-refractivity contribution in [3.8, 4) is 11.5 Å². The maximum absolute atomic E-state index is 12.4. The minimum atomic E-state index is -4.38. The summed E-state index contributed by atoms with van der Waals surface area (Å²) in [6, 6.07) is 8.80. The molecule has 2 N–H and O–H groups in total. The molecule has 0 aliphatic heterocycles. The van der Waals surface area contributed by atoms with Crippen LogP contribution in [0.25, 0.3) is 0 Å². The zero-order valence-corrected chi connectivity index (χ0v) is 11.1. The molecule has 0 atom stereocenters. The summed E-state index contributed by atoms with van der Waals surface area (Å²) in [5, 5.41) is 0. The number of hydrogen-bond acceptors (Lipinski definition) is 3. The lowest BCUT2D eigenvalue weighted by Crippen LogP contribution is -2.04. The lowest BCUT2D eigenvalue weighted by atomic mass is 10.1. The molecule has 0 spiro atoms. The largest absolute Gasteiger partial charge is 0.457 e. The zero-order valence-electron chi connectivity index (χ0n) is 11.1. The van der Waals surface area contributed by atoms with E-state index in [9.17, 15) is 18.0 Å². The van der Waals surface area contributed by atoms with E-state index in [0.717, 1.165) is 12.1 Å². The van der Waals surface area contributed by atoms with Crippen molar-refractivity contribution in [2.24, 2.45) is 0 Å². The minimum Gasteiger partial charge on any atom is -0.457 e. The van der Waals surface area contributed by atoms with Gasteiger partial charge in [0.1, 0.15) is 11.5 Å². The maximum atomic E-state index is 12.4. The number of carbonyl (C=O) groups excluding carboxylic acids is 1. The average molecular weight is 295 g/mol. The Morgan fingerprint density at radius 2 is 1.62 bits per heavy atom. The van der Waals surface area contributed by atoms with Crippen LogP contribution in [0.4, 0.5) is 18.9 Å². The van der Waals surface area contributed by atoms with Crippen molar-refractivity contribution < 1.29 is 22.7 Å². The fourth-order valence-electron chi connectivity index (χ4n) is 1.77. The number of ether oxygens (including phenoxy) is 1. The van der Waals surface area contributed by atoms with Crippen LogP contribution >= 0.6 is 0 Å². The van der Waals surface area contributed by atoms with E-state index in [1.165, 1.54) is 37.3 Å². The van der Waals surface area contributed by atoms with Gasteiger partial charge in [-0.1, -0.05) is 0 Å². The lowest BCUT2D eigenvalue weighted by Gasteiger charge is -2.10. The third kappa shape index (κ3) is 3.53. The number of hydrogen-bond donors (Lipinski definition) is 1. The quantitative estimate of drug-likeness (QED) is 0.679. The number of benzene rings is 2. The molecule has 0 amide bonds. The number of anilines is 1. The summed E-state index contributed by atoms with van der Waals surface area (Å²) in [4.78, 5) is 11.2. The van der Waals surface area contributed by atoms with E-state index in [1.54, 1.807) is 0 Å². The van der Waals surface area contributed by atoms with Crippen LogP contribution in [0.1, 0.15) is 22.8 Å². The Balaban J connectivity index is 2.19. The van der Waals surface area contributed by atoms with Crippen LogP contribution in [0.3, 0.4) is 0 Å². The van der Waals surface area contributed by atoms with Crippen LogP contribution < -0.4 is 10.5 Å². The molecule has 3 nitrogen and oxygen atoms in total. The molecule has 2 aromatic carbocycles. The molecule has 0 aliphatic rings. The fourth-order valence-corrected chi connectivity index (χ4v) is 1.77. The van der Waals surface area contributed by atoms with Crippen LogP contribution in [0.2, 0.25) is 0 Å². The van der Waals surface area contributed by atoms with E-state index in [1.807, 2.05) is 0 Å². The molecule has 0 fully saturated rings. The summed E-state index contributed by atoms with van der Waals surface area (Å²) < 4.78 is 42.7. The highest BCUT2D eigenvalue weighted by Gasteiger charge is 2.30. The molecule has 0 bridgehead atoms. The van der Waals surface area contributed by atoms with Gasteiger partial charge in [-0.2, -0.15) is 13.2 Å². The van der Waals surface area contributed by atoms with Crippen LogP contribution in [-0.2, 0) is 6.18 Å². The Morgan fingerprint density at radius 1 is 1.05 bits per heavy atom. The number of rotatable bonds is 3. The van der Waals surface area contributed by atoms with Gasteiger partial charge >= 0.3 is 6.18 Å². The first-order valence-corrected chi connectivity index (χ1v) is 6.03. The van der Waals surface area contributed by atoms with Gasteiger partial charge in [0.15, 0.2) is 5.78 Å². The molecule has 2 aromatic rings. The number of nitrogens with two attached hydrogens (primary N) is 1. The van der Waals surface area contributed by atoms with E-state index in [0.29, 0.717) is 11.3 Å². The van der Waals surface area contributed by atoms with Gasteiger partial charge in [-0.3, -0.25) is 4.79 Å². The number of carbonyl (C=O) groups is 1. The number of halogens is 3. The Morgan fingerprint density at radius 3 is 2.10 bits per heavy atom. The summed E-state index contributed by atoms with van der Waals surface area (Å²) in [5.41, 5.74) is 5.59. The van der Waals surface area contributed by atoms with Crippen molar-refractivity contribution in [3.05, 3.63) is 53.6 Å². The van der Waals surface area contributed by atoms with E-state index in [2.05, 4.69) is 0 Å². The highest BCUT2D eigenvalue weighted by Crippen LogP contribution is 2.32. The monoisotopic (exact) mass is 295 g/mol. The van der Waals surface area contributed by atoms with Crippen LogP contribution in [-0.4, -0.2) is 5.78 Å². The van der Waals surface area contributed by atoms with Gasteiger partial charge in [0.05, 0.1) is 5.56 Å². The second kappa shape index (κ2) is 5.47. The topological polar surface area (TPSA) is 52.3 Å². The summed E-state index contributed by atoms with van der Waals surface area (Å²) in [5.74, 6) is 0.420. The second-order valence-electron chi connectivity index (χ2n) is 4.43. The second-order valence-corrected chi connectivity index (χ2v) is 4.43. The first kappa shape index (κ1) is 14.9. The highest BCUT2D eigenvalue weighted by atomic mass is 19.4. The van der Waals surface area contributed by atoms with Crippen LogP contribution in [0.15, 0.2) is 42.5 Å². The SMILES string of the molecule is CC(=O)c1ccc(Oc2ccc(C(F)(F)F)cc2)cc1N. The molecule has 0 unspecified atom stereocenters. The molecule has 21 heavy (non-hydrogen) atoms. The fraction of sp³-hybridized carbons (Fsp3) is 0.133. The van der Waals surface area contributed by atoms with E-state index in [-0.39, 0.29) is 17.2 Å². The Labute approximate surface area is 119 Å². The van der Waals surface area contributed by atoms with Crippen molar-refractivity contribution >= 4 is 11.5 Å². The minimum absolute atomic E-state index is 0.173. The first-order valence-electron chi connectivity index (χ1n) is 6.03. The molecular formula is C15H12F3NO2. The molecule has 2 rings (SSSR count). The molecule has 0 radical (unpaired) electrons. The van der Waals surface area contributed by atoms with E-state index in [4.69, 9.17) is 10.5 Å². The van der Waals surface area contributed by atoms with Crippen molar-refractivity contribution in [2.75, 3.05) is 5.73 Å². The standard InChI is InChI=1S/C15H12F3NO2/c1-9(20)13-7-6-12(8-14(13)19)21-11-4-2-10(3-5-11)15(16,17)18/h2-8H,19H2,1H3. The van der Waals surface area contributed by atoms with Crippen molar-refractivity contribution in [3.63, 3.8) is 0 Å². The van der Waals surface area contributed by atoms with Gasteiger partial charge < -0.3 is 10.5 Å². The van der Waals surface area contributed by atoms with Crippen molar-refractivity contribution in [1.82, 2.24) is 0 Å². The predicted octanol–water partition coefficient (Wildman–Crippen LogP) is 4.28. The molecular weight excluding hydrogens is 283 g/mol. The number of alkyl halides is 3. The molecule has 0 aromatic heterocycles. The summed E-state index contributed by atoms with van der Waals surface area (Å²) >= 11 is 0. The number of Topliss-reactive ketones (excluding diaryl/α,β-unsaturated/α-hetero) is 1. The van der Waals surface area contributed by atoms with Crippen molar-refractivity contribution in [1.29, 1.82) is 0 Å². The van der Waals surface area contributed by atoms with Gasteiger partial charge in [-0.25, -0.2) is 0 Å². The van der Waals surface area contributed by atoms with Crippen LogP contribution in [0.5, 0.6) is 11.5 Å². The molecule has 110 valence electrons. The Bertz CT molecular complexity index is 664. The Kier molecular flexibility index (Phi) is 3.88. The number of ketones is 1. The van der Waals surface area contributed by atoms with Gasteiger partial charge in [0.25, 0.3) is 0 Å². The molecule has 0 heterocycles. The average Bonchev–Trinajstić information content (AvgIpc) is 2.38. The first-order chi connectivity index (χ1) is 9.77. The van der Waals surface area contributed by atoms with Gasteiger partial charge in [-0.05, 0) is 43.3 Å². The third-order valence-electron chi connectivity index (χ3n) is 2.82. The Hall–Kier alpha value is -2.50. The number of nitrogen functional groups attached to an aromatic ring is 1. The lowest BCUT2D eigenvalue weighted by molar-refractivity contribution is -0.137. The van der Waals surface area contributed by atoms with E-state index < -0.39 is 11.7 Å². The predicted molar refractivity (Wildman–Crippen MR) is 72.4 cm³/mol. The highest BCUT2D eigenvalue weighted by molar-refractivity contribution is 5.99. The molecule has 0 saturated heterocycles. The van der Waals surface area contributed by atoms with Crippen molar-refractivity contribution in [2.45, 2.75) is 13.1 Å². The normalized spacial score (nSPS) is 11.2. The molecule has 6 heteroatoms. The summed E-state index contributed by atoms with van der Waals surface area (Å²) in [6.07, 6.45) is -4.38.